The van der Waals surface area contributed by atoms with Crippen LogP contribution in [-0.2, 0) is 11.2 Å². The molecule has 2 aliphatic rings. The third kappa shape index (κ3) is 4.54. The highest BCUT2D eigenvalue weighted by Gasteiger charge is 2.37. The Bertz CT molecular complexity index is 655. The number of ether oxygens (including phenoxy) is 1. The number of amides is 1. The lowest BCUT2D eigenvalue weighted by molar-refractivity contribution is 0.0148. The van der Waals surface area contributed by atoms with Gasteiger partial charge >= 0.3 is 6.09 Å². The zero-order valence-electron chi connectivity index (χ0n) is 15.5. The zero-order chi connectivity index (χ0) is 18.1. The van der Waals surface area contributed by atoms with Crippen molar-refractivity contribution >= 4 is 6.09 Å². The number of nitriles is 1. The van der Waals surface area contributed by atoms with Gasteiger partial charge in [-0.05, 0) is 69.9 Å². The van der Waals surface area contributed by atoms with Crippen LogP contribution < -0.4 is 0 Å². The Kier molecular flexibility index (Phi) is 4.77. The molecular formula is C21H28N2O2. The molecule has 1 aromatic carbocycles. The smallest absolute Gasteiger partial charge is 0.410 e. The summed E-state index contributed by atoms with van der Waals surface area (Å²) in [5.74, 6) is 0.760. The SMILES string of the molecule is CC(C)(C)OC(=O)N1CCC(C#N)(Cc2ccc(C3CC3)cc2)CC1. The fourth-order valence-electron chi connectivity index (χ4n) is 3.49. The molecule has 0 aromatic heterocycles. The number of hydrogen-bond acceptors (Lipinski definition) is 3. The molecule has 1 aliphatic heterocycles. The van der Waals surface area contributed by atoms with Crippen LogP contribution >= 0.6 is 0 Å². The van der Waals surface area contributed by atoms with E-state index >= 15 is 0 Å². The van der Waals surface area contributed by atoms with Gasteiger partial charge in [0.15, 0.2) is 0 Å². The molecule has 2 fully saturated rings. The molecule has 1 saturated carbocycles. The molecule has 0 atom stereocenters. The summed E-state index contributed by atoms with van der Waals surface area (Å²) in [6, 6.07) is 11.3. The second kappa shape index (κ2) is 6.71. The highest BCUT2D eigenvalue weighted by Crippen LogP contribution is 2.40. The van der Waals surface area contributed by atoms with Gasteiger partial charge in [0.25, 0.3) is 0 Å². The van der Waals surface area contributed by atoms with Gasteiger partial charge in [-0.25, -0.2) is 4.79 Å². The average molecular weight is 340 g/mol. The second-order valence-corrected chi connectivity index (χ2v) is 8.55. The minimum atomic E-state index is -0.482. The molecule has 0 N–H and O–H groups in total. The topological polar surface area (TPSA) is 53.3 Å². The molecule has 1 aromatic rings. The normalized spacial score (nSPS) is 20.0. The third-order valence-corrected chi connectivity index (χ3v) is 5.18. The first-order valence-corrected chi connectivity index (χ1v) is 9.28. The molecular weight excluding hydrogens is 312 g/mol. The van der Waals surface area contributed by atoms with E-state index in [4.69, 9.17) is 4.74 Å². The van der Waals surface area contributed by atoms with Crippen molar-refractivity contribution in [3.05, 3.63) is 35.4 Å². The molecule has 3 rings (SSSR count). The summed E-state index contributed by atoms with van der Waals surface area (Å²) in [5.41, 5.74) is 1.79. The van der Waals surface area contributed by atoms with Crippen LogP contribution in [0.3, 0.4) is 0 Å². The van der Waals surface area contributed by atoms with Crippen LogP contribution in [0.15, 0.2) is 24.3 Å². The van der Waals surface area contributed by atoms with Gasteiger partial charge in [0.05, 0.1) is 11.5 Å². The van der Waals surface area contributed by atoms with Crippen molar-refractivity contribution in [1.29, 1.82) is 5.26 Å². The van der Waals surface area contributed by atoms with E-state index in [1.165, 1.54) is 24.0 Å². The van der Waals surface area contributed by atoms with Gasteiger partial charge in [-0.3, -0.25) is 0 Å². The monoisotopic (exact) mass is 340 g/mol. The van der Waals surface area contributed by atoms with Gasteiger partial charge in [-0.1, -0.05) is 24.3 Å². The highest BCUT2D eigenvalue weighted by molar-refractivity contribution is 5.68. The summed E-state index contributed by atoms with van der Waals surface area (Å²) in [5, 5.41) is 9.78. The lowest BCUT2D eigenvalue weighted by Crippen LogP contribution is -2.45. The molecule has 25 heavy (non-hydrogen) atoms. The van der Waals surface area contributed by atoms with Crippen molar-refractivity contribution in [1.82, 2.24) is 4.90 Å². The van der Waals surface area contributed by atoms with Crippen molar-refractivity contribution in [3.8, 4) is 6.07 Å². The van der Waals surface area contributed by atoms with E-state index in [-0.39, 0.29) is 11.5 Å². The first-order chi connectivity index (χ1) is 11.8. The first-order valence-electron chi connectivity index (χ1n) is 9.28. The summed E-state index contributed by atoms with van der Waals surface area (Å²) < 4.78 is 5.44. The first kappa shape index (κ1) is 17.8. The number of rotatable bonds is 3. The van der Waals surface area contributed by atoms with Gasteiger partial charge in [-0.2, -0.15) is 5.26 Å². The van der Waals surface area contributed by atoms with Crippen LogP contribution in [0.1, 0.15) is 63.5 Å². The summed E-state index contributed by atoms with van der Waals surface area (Å²) in [6.07, 6.45) is 4.51. The second-order valence-electron chi connectivity index (χ2n) is 8.55. The Balaban J connectivity index is 1.59. The quantitative estimate of drug-likeness (QED) is 0.805. The molecule has 1 amide bonds. The number of carbonyl (C=O) groups excluding carboxylic acids is 1. The number of nitrogens with zero attached hydrogens (tertiary/aromatic N) is 2. The van der Waals surface area contributed by atoms with Gasteiger partial charge in [0, 0.05) is 13.1 Å². The molecule has 1 heterocycles. The minimum Gasteiger partial charge on any atom is -0.444 e. The predicted molar refractivity (Wildman–Crippen MR) is 97.2 cm³/mol. The number of benzene rings is 1. The van der Waals surface area contributed by atoms with Crippen LogP contribution in [0, 0.1) is 16.7 Å². The zero-order valence-corrected chi connectivity index (χ0v) is 15.5. The molecule has 4 nitrogen and oxygen atoms in total. The van der Waals surface area contributed by atoms with E-state index in [1.54, 1.807) is 4.90 Å². The standard InChI is InChI=1S/C21H28N2O2/c1-20(2,3)25-19(24)23-12-10-21(15-22,11-13-23)14-16-4-6-17(7-5-16)18-8-9-18/h4-7,18H,8-14H2,1-3H3. The molecule has 1 aliphatic carbocycles. The van der Waals surface area contributed by atoms with Crippen molar-refractivity contribution < 1.29 is 9.53 Å². The van der Waals surface area contributed by atoms with E-state index < -0.39 is 5.60 Å². The number of likely N-dealkylation sites (tertiary alicyclic amines) is 1. The van der Waals surface area contributed by atoms with Crippen LogP contribution in [0.5, 0.6) is 0 Å². The molecule has 0 radical (unpaired) electrons. The van der Waals surface area contributed by atoms with E-state index in [0.29, 0.717) is 25.9 Å². The maximum absolute atomic E-state index is 12.2. The van der Waals surface area contributed by atoms with Crippen molar-refractivity contribution in [3.63, 3.8) is 0 Å². The molecule has 1 saturated heterocycles. The highest BCUT2D eigenvalue weighted by atomic mass is 16.6. The van der Waals surface area contributed by atoms with Crippen molar-refractivity contribution in [2.75, 3.05) is 13.1 Å². The lowest BCUT2D eigenvalue weighted by atomic mass is 9.75. The summed E-state index contributed by atoms with van der Waals surface area (Å²) >= 11 is 0. The number of carbonyl (C=O) groups is 1. The van der Waals surface area contributed by atoms with Crippen LogP contribution in [0.25, 0.3) is 0 Å². The number of hydrogen-bond donors (Lipinski definition) is 0. The van der Waals surface area contributed by atoms with Crippen LogP contribution in [-0.4, -0.2) is 29.7 Å². The molecule has 4 heteroatoms. The Morgan fingerprint density at radius 2 is 1.84 bits per heavy atom. The van der Waals surface area contributed by atoms with Gasteiger partial charge in [-0.15, -0.1) is 0 Å². The van der Waals surface area contributed by atoms with E-state index in [0.717, 1.165) is 12.3 Å². The van der Waals surface area contributed by atoms with Crippen molar-refractivity contribution in [2.45, 2.75) is 64.4 Å². The Morgan fingerprint density at radius 1 is 1.24 bits per heavy atom. The fraction of sp³-hybridized carbons (Fsp3) is 0.619. The maximum atomic E-state index is 12.2. The summed E-state index contributed by atoms with van der Waals surface area (Å²) in [7, 11) is 0. The van der Waals surface area contributed by atoms with E-state index in [1.807, 2.05) is 20.8 Å². The lowest BCUT2D eigenvalue weighted by Gasteiger charge is -2.38. The largest absolute Gasteiger partial charge is 0.444 e. The fourth-order valence-corrected chi connectivity index (χ4v) is 3.49. The van der Waals surface area contributed by atoms with Crippen LogP contribution in [0.4, 0.5) is 4.79 Å². The van der Waals surface area contributed by atoms with E-state index in [9.17, 15) is 10.1 Å². The van der Waals surface area contributed by atoms with Gasteiger partial charge in [0.1, 0.15) is 5.60 Å². The van der Waals surface area contributed by atoms with Gasteiger partial charge < -0.3 is 9.64 Å². The van der Waals surface area contributed by atoms with Gasteiger partial charge in [0.2, 0.25) is 0 Å². The molecule has 0 spiro atoms. The average Bonchev–Trinajstić information content (AvgIpc) is 3.39. The third-order valence-electron chi connectivity index (χ3n) is 5.18. The predicted octanol–water partition coefficient (Wildman–Crippen LogP) is 4.65. The van der Waals surface area contributed by atoms with Crippen molar-refractivity contribution in [2.24, 2.45) is 5.41 Å². The summed E-state index contributed by atoms with van der Waals surface area (Å²) in [4.78, 5) is 13.9. The summed E-state index contributed by atoms with van der Waals surface area (Å²) in [6.45, 7) is 6.80. The Morgan fingerprint density at radius 3 is 2.32 bits per heavy atom. The minimum absolute atomic E-state index is 0.271. The number of piperidine rings is 1. The van der Waals surface area contributed by atoms with Crippen LogP contribution in [0.2, 0.25) is 0 Å². The molecule has 134 valence electrons. The molecule has 0 unspecified atom stereocenters. The maximum Gasteiger partial charge on any atom is 0.410 e. The Labute approximate surface area is 150 Å². The molecule has 0 bridgehead atoms. The Hall–Kier alpha value is -2.02. The van der Waals surface area contributed by atoms with E-state index in [2.05, 4.69) is 30.3 Å².